The quantitative estimate of drug-likeness (QED) is 0.424. The van der Waals surface area contributed by atoms with Crippen LogP contribution in [0.4, 0.5) is 4.39 Å². The van der Waals surface area contributed by atoms with Crippen molar-refractivity contribution in [2.45, 2.75) is 70.4 Å². The van der Waals surface area contributed by atoms with E-state index in [1.54, 1.807) is 11.0 Å². The molecule has 1 aliphatic rings. The molecule has 186 valence electrons. The third-order valence-electron chi connectivity index (χ3n) is 7.03. The van der Waals surface area contributed by atoms with Crippen molar-refractivity contribution in [1.82, 2.24) is 10.2 Å². The fourth-order valence-electron chi connectivity index (χ4n) is 4.88. The number of amides is 2. The van der Waals surface area contributed by atoms with Gasteiger partial charge in [-0.1, -0.05) is 68.3 Å². The molecule has 3 rings (SSSR count). The predicted octanol–water partition coefficient (Wildman–Crippen LogP) is 5.76. The van der Waals surface area contributed by atoms with Gasteiger partial charge in [-0.3, -0.25) is 9.59 Å². The summed E-state index contributed by atoms with van der Waals surface area (Å²) in [6.07, 6.45) is 3.84. The fourth-order valence-corrected chi connectivity index (χ4v) is 5.11. The van der Waals surface area contributed by atoms with Crippen LogP contribution < -0.4 is 5.32 Å². The largest absolute Gasteiger partial charge is 0.350 e. The van der Waals surface area contributed by atoms with Crippen molar-refractivity contribution >= 4 is 23.4 Å². The van der Waals surface area contributed by atoms with Gasteiger partial charge in [0.1, 0.15) is 11.9 Å². The Morgan fingerprint density at radius 2 is 1.97 bits per heavy atom. The highest BCUT2D eigenvalue weighted by atomic mass is 35.5. The number of carbonyl (C=O) groups excluding carboxylic acids is 2. The lowest BCUT2D eigenvalue weighted by Crippen LogP contribution is -2.45. The zero-order valence-corrected chi connectivity index (χ0v) is 21.2. The van der Waals surface area contributed by atoms with E-state index in [4.69, 9.17) is 11.6 Å². The minimum absolute atomic E-state index is 0.0331. The lowest BCUT2D eigenvalue weighted by atomic mass is 9.69. The first kappa shape index (κ1) is 26.7. The van der Waals surface area contributed by atoms with Gasteiger partial charge in [-0.15, -0.1) is 0 Å². The normalized spacial score (nSPS) is 17.1. The van der Waals surface area contributed by atoms with Crippen LogP contribution in [0.1, 0.15) is 63.5 Å². The Bertz CT molecular complexity index is 1070. The van der Waals surface area contributed by atoms with Gasteiger partial charge in [0.15, 0.2) is 0 Å². The van der Waals surface area contributed by atoms with Crippen LogP contribution >= 0.6 is 11.6 Å². The van der Waals surface area contributed by atoms with E-state index in [2.05, 4.69) is 25.2 Å². The Balaban J connectivity index is 1.52. The number of unbranched alkanes of at least 4 members (excludes halogenated alkanes) is 1. The van der Waals surface area contributed by atoms with Gasteiger partial charge in [0, 0.05) is 24.5 Å². The van der Waals surface area contributed by atoms with Crippen LogP contribution in [0.2, 0.25) is 5.02 Å². The number of hydrogen-bond donors (Lipinski definition) is 1. The topological polar surface area (TPSA) is 73.2 Å². The van der Waals surface area contributed by atoms with Gasteiger partial charge in [-0.25, -0.2) is 4.39 Å². The number of nitrogens with one attached hydrogen (secondary N) is 1. The van der Waals surface area contributed by atoms with E-state index in [-0.39, 0.29) is 29.3 Å². The molecule has 2 aromatic carbocycles. The van der Waals surface area contributed by atoms with Crippen molar-refractivity contribution in [3.8, 4) is 6.07 Å². The van der Waals surface area contributed by atoms with Gasteiger partial charge >= 0.3 is 0 Å². The monoisotopic (exact) mass is 497 g/mol. The molecular weight excluding hydrogens is 465 g/mol. The molecule has 2 atom stereocenters. The number of hydrogen-bond acceptors (Lipinski definition) is 3. The molecule has 0 aromatic heterocycles. The van der Waals surface area contributed by atoms with Crippen LogP contribution in [-0.2, 0) is 21.5 Å². The molecule has 2 aromatic rings. The number of carbonyl (C=O) groups is 2. The van der Waals surface area contributed by atoms with Crippen molar-refractivity contribution in [2.75, 3.05) is 6.54 Å². The summed E-state index contributed by atoms with van der Waals surface area (Å²) >= 11 is 6.05. The number of benzene rings is 2. The summed E-state index contributed by atoms with van der Waals surface area (Å²) < 4.78 is 13.2. The molecule has 1 heterocycles. The summed E-state index contributed by atoms with van der Waals surface area (Å²) in [5.41, 5.74) is 1.06. The van der Waals surface area contributed by atoms with Crippen LogP contribution in [0.15, 0.2) is 48.5 Å². The minimum atomic E-state index is -0.581. The zero-order valence-electron chi connectivity index (χ0n) is 20.4. The fraction of sp³-hybridized carbons (Fsp3) is 0.464. The van der Waals surface area contributed by atoms with Crippen LogP contribution in [0.5, 0.6) is 0 Å². The molecule has 0 saturated carbocycles. The van der Waals surface area contributed by atoms with Crippen molar-refractivity contribution in [2.24, 2.45) is 5.92 Å². The third kappa shape index (κ3) is 6.41. The second kappa shape index (κ2) is 12.2. The van der Waals surface area contributed by atoms with Crippen molar-refractivity contribution < 1.29 is 14.0 Å². The number of rotatable bonds is 10. The van der Waals surface area contributed by atoms with Crippen LogP contribution in [0.3, 0.4) is 0 Å². The van der Waals surface area contributed by atoms with E-state index in [0.29, 0.717) is 37.8 Å². The molecular formula is C28H33ClFN3O2. The predicted molar refractivity (Wildman–Crippen MR) is 135 cm³/mol. The van der Waals surface area contributed by atoms with E-state index < -0.39 is 17.3 Å². The molecule has 35 heavy (non-hydrogen) atoms. The molecule has 1 aliphatic heterocycles. The lowest BCUT2D eigenvalue weighted by molar-refractivity contribution is -0.138. The van der Waals surface area contributed by atoms with Gasteiger partial charge in [0.05, 0.1) is 11.5 Å². The summed E-state index contributed by atoms with van der Waals surface area (Å²) in [5, 5.41) is 13.1. The van der Waals surface area contributed by atoms with E-state index in [9.17, 15) is 19.2 Å². The van der Waals surface area contributed by atoms with E-state index in [1.807, 2.05) is 30.3 Å². The molecule has 1 N–H and O–H groups in total. The van der Waals surface area contributed by atoms with Gasteiger partial charge < -0.3 is 10.2 Å². The lowest BCUT2D eigenvalue weighted by Gasteiger charge is -2.31. The van der Waals surface area contributed by atoms with Gasteiger partial charge in [-0.2, -0.15) is 5.26 Å². The first-order valence-electron chi connectivity index (χ1n) is 12.3. The molecule has 0 radical (unpaired) electrons. The summed E-state index contributed by atoms with van der Waals surface area (Å²) in [5.74, 6) is -0.536. The molecule has 0 aliphatic carbocycles. The van der Waals surface area contributed by atoms with E-state index in [0.717, 1.165) is 18.4 Å². The molecule has 1 saturated heterocycles. The van der Waals surface area contributed by atoms with Crippen molar-refractivity contribution in [3.63, 3.8) is 0 Å². The standard InChI is InChI=1S/C28H33ClFN3O2/c1-20(2)28(19-31,22-9-4-3-5-10-22)15-7-6-12-26(34)33-16-8-11-25(33)27(35)32-18-21-13-14-23(30)17-24(21)29/h3-5,9-10,13-14,17,20,25H,6-8,11-12,15-16,18H2,1-2H3,(H,32,35)/t25-,28+/m1/s1. The molecule has 5 nitrogen and oxygen atoms in total. The average molecular weight is 498 g/mol. The van der Waals surface area contributed by atoms with Gasteiger partial charge in [0.25, 0.3) is 0 Å². The van der Waals surface area contributed by atoms with E-state index >= 15 is 0 Å². The summed E-state index contributed by atoms with van der Waals surface area (Å²) in [6.45, 7) is 4.87. The third-order valence-corrected chi connectivity index (χ3v) is 7.38. The Kier molecular flexibility index (Phi) is 9.28. The van der Waals surface area contributed by atoms with Crippen LogP contribution in [-0.4, -0.2) is 29.3 Å². The minimum Gasteiger partial charge on any atom is -0.350 e. The summed E-state index contributed by atoms with van der Waals surface area (Å²) in [7, 11) is 0. The second-order valence-corrected chi connectivity index (χ2v) is 9.92. The maximum Gasteiger partial charge on any atom is 0.243 e. The summed E-state index contributed by atoms with van der Waals surface area (Å²) in [6, 6.07) is 16.0. The number of nitriles is 1. The molecule has 0 unspecified atom stereocenters. The molecule has 7 heteroatoms. The maximum atomic E-state index is 13.2. The number of nitrogens with zero attached hydrogens (tertiary/aromatic N) is 2. The molecule has 0 spiro atoms. The number of likely N-dealkylation sites (tertiary alicyclic amines) is 1. The second-order valence-electron chi connectivity index (χ2n) is 9.51. The average Bonchev–Trinajstić information content (AvgIpc) is 3.34. The molecule has 1 fully saturated rings. The SMILES string of the molecule is CC(C)[C@@](C#N)(CCCCC(=O)N1CCC[C@@H]1C(=O)NCc1ccc(F)cc1Cl)c1ccccc1. The summed E-state index contributed by atoms with van der Waals surface area (Å²) in [4.78, 5) is 27.4. The van der Waals surface area contributed by atoms with Crippen molar-refractivity contribution in [3.05, 3.63) is 70.5 Å². The smallest absolute Gasteiger partial charge is 0.243 e. The van der Waals surface area contributed by atoms with Crippen LogP contribution in [0, 0.1) is 23.1 Å². The van der Waals surface area contributed by atoms with E-state index in [1.165, 1.54) is 12.1 Å². The Morgan fingerprint density at radius 1 is 1.23 bits per heavy atom. The Hall–Kier alpha value is -2.91. The molecule has 2 amide bonds. The van der Waals surface area contributed by atoms with Gasteiger partial charge in [0.2, 0.25) is 11.8 Å². The van der Waals surface area contributed by atoms with Crippen molar-refractivity contribution in [1.29, 1.82) is 5.26 Å². The molecule has 0 bridgehead atoms. The highest BCUT2D eigenvalue weighted by Crippen LogP contribution is 2.37. The Morgan fingerprint density at radius 3 is 2.63 bits per heavy atom. The highest BCUT2D eigenvalue weighted by Gasteiger charge is 2.36. The van der Waals surface area contributed by atoms with Crippen LogP contribution in [0.25, 0.3) is 0 Å². The first-order chi connectivity index (χ1) is 16.8. The maximum absolute atomic E-state index is 13.2. The first-order valence-corrected chi connectivity index (χ1v) is 12.6. The highest BCUT2D eigenvalue weighted by molar-refractivity contribution is 6.31. The number of halogens is 2. The Labute approximate surface area is 212 Å². The van der Waals surface area contributed by atoms with Gasteiger partial charge in [-0.05, 0) is 54.9 Å². The zero-order chi connectivity index (χ0) is 25.4.